The molecule has 1 heterocycles. The monoisotopic (exact) mass is 421 g/mol. The molecule has 0 radical (unpaired) electrons. The van der Waals surface area contributed by atoms with Crippen LogP contribution in [0.2, 0.25) is 5.02 Å². The molecule has 4 nitrogen and oxygen atoms in total. The Morgan fingerprint density at radius 3 is 2.68 bits per heavy atom. The van der Waals surface area contributed by atoms with Crippen molar-refractivity contribution in [3.05, 3.63) is 64.7 Å². The van der Waals surface area contributed by atoms with Crippen LogP contribution in [-0.4, -0.2) is 43.0 Å². The fourth-order valence-corrected chi connectivity index (χ4v) is 3.76. The Kier molecular flexibility index (Phi) is 6.39. The van der Waals surface area contributed by atoms with Crippen molar-refractivity contribution in [1.82, 2.24) is 9.88 Å². The predicted octanol–water partition coefficient (Wildman–Crippen LogP) is 4.84. The molecule has 8 heteroatoms. The van der Waals surface area contributed by atoms with E-state index in [2.05, 4.69) is 4.98 Å². The molecular formula is C20H18ClF2N3OS. The number of hydrogen-bond donors (Lipinski definition) is 0. The number of nitrogens with zero attached hydrogens (tertiary/aromatic N) is 3. The van der Waals surface area contributed by atoms with Crippen molar-refractivity contribution in [2.24, 2.45) is 0 Å². The van der Waals surface area contributed by atoms with E-state index < -0.39 is 11.6 Å². The van der Waals surface area contributed by atoms with E-state index in [1.165, 1.54) is 17.0 Å². The van der Waals surface area contributed by atoms with Crippen molar-refractivity contribution in [2.75, 3.05) is 32.1 Å². The molecule has 0 fully saturated rings. The Bertz CT molecular complexity index is 1040. The molecule has 0 N–H and O–H groups in total. The number of anilines is 1. The standard InChI is InChI=1S/C20H18ClF2N3OS/c1-25(2)9-10-26(18(27)8-7-13-5-3-4-6-15(13)21)20-24-19-16(23)11-14(22)12-17(19)28-20/h3-8,11-12H,9-10H2,1-2H3. The number of hydrogen-bond acceptors (Lipinski definition) is 4. The lowest BCUT2D eigenvalue weighted by atomic mass is 10.2. The predicted molar refractivity (Wildman–Crippen MR) is 111 cm³/mol. The van der Waals surface area contributed by atoms with Crippen molar-refractivity contribution in [2.45, 2.75) is 0 Å². The molecule has 2 aromatic carbocycles. The Hall–Kier alpha value is -2.35. The minimum absolute atomic E-state index is 0.0548. The van der Waals surface area contributed by atoms with Gasteiger partial charge in [-0.3, -0.25) is 9.69 Å². The van der Waals surface area contributed by atoms with Crippen molar-refractivity contribution in [3.8, 4) is 0 Å². The molecular weight excluding hydrogens is 404 g/mol. The number of halogens is 3. The number of likely N-dealkylation sites (N-methyl/N-ethyl adjacent to an activating group) is 1. The molecule has 0 atom stereocenters. The van der Waals surface area contributed by atoms with Crippen molar-refractivity contribution >= 4 is 50.3 Å². The van der Waals surface area contributed by atoms with E-state index >= 15 is 0 Å². The second-order valence-electron chi connectivity index (χ2n) is 6.38. The highest BCUT2D eigenvalue weighted by Crippen LogP contribution is 2.31. The molecule has 0 bridgehead atoms. The van der Waals surface area contributed by atoms with Crippen LogP contribution < -0.4 is 4.90 Å². The number of thiazole rings is 1. The number of carbonyl (C=O) groups excluding carboxylic acids is 1. The van der Waals surface area contributed by atoms with E-state index in [4.69, 9.17) is 11.6 Å². The average molecular weight is 422 g/mol. The first-order valence-electron chi connectivity index (χ1n) is 8.49. The fourth-order valence-electron chi connectivity index (χ4n) is 2.52. The molecule has 1 amide bonds. The largest absolute Gasteiger partial charge is 0.308 e. The lowest BCUT2D eigenvalue weighted by molar-refractivity contribution is -0.114. The van der Waals surface area contributed by atoms with Gasteiger partial charge in [-0.1, -0.05) is 41.1 Å². The molecule has 0 spiro atoms. The number of amides is 1. The van der Waals surface area contributed by atoms with Gasteiger partial charge in [-0.05, 0) is 37.9 Å². The van der Waals surface area contributed by atoms with Gasteiger partial charge < -0.3 is 4.90 Å². The highest BCUT2D eigenvalue weighted by Gasteiger charge is 2.20. The Labute approximate surface area is 170 Å². The minimum atomic E-state index is -0.746. The van der Waals surface area contributed by atoms with Gasteiger partial charge in [0.1, 0.15) is 11.3 Å². The molecule has 28 heavy (non-hydrogen) atoms. The van der Waals surface area contributed by atoms with Crippen molar-refractivity contribution in [3.63, 3.8) is 0 Å². The highest BCUT2D eigenvalue weighted by molar-refractivity contribution is 7.22. The quantitative estimate of drug-likeness (QED) is 0.534. The third kappa shape index (κ3) is 4.73. The van der Waals surface area contributed by atoms with Gasteiger partial charge in [0.2, 0.25) is 0 Å². The molecule has 3 aromatic rings. The molecule has 0 aliphatic heterocycles. The zero-order valence-corrected chi connectivity index (χ0v) is 16.9. The van der Waals surface area contributed by atoms with E-state index in [0.717, 1.165) is 17.4 Å². The first-order chi connectivity index (χ1) is 13.3. The maximum atomic E-state index is 14.0. The minimum Gasteiger partial charge on any atom is -0.308 e. The number of aromatic nitrogens is 1. The first kappa shape index (κ1) is 20.4. The van der Waals surface area contributed by atoms with Crippen LogP contribution in [0, 0.1) is 11.6 Å². The molecule has 0 saturated carbocycles. The number of benzene rings is 2. The SMILES string of the molecule is CN(C)CCN(C(=O)C=Cc1ccccc1Cl)c1nc2c(F)cc(F)cc2s1. The summed E-state index contributed by atoms with van der Waals surface area (Å²) in [6.45, 7) is 0.932. The molecule has 146 valence electrons. The Morgan fingerprint density at radius 2 is 1.96 bits per heavy atom. The summed E-state index contributed by atoms with van der Waals surface area (Å²) in [5.41, 5.74) is 0.765. The van der Waals surface area contributed by atoms with Crippen LogP contribution in [0.25, 0.3) is 16.3 Å². The van der Waals surface area contributed by atoms with Crippen LogP contribution in [-0.2, 0) is 4.79 Å². The zero-order valence-electron chi connectivity index (χ0n) is 15.3. The van der Waals surface area contributed by atoms with Gasteiger partial charge >= 0.3 is 0 Å². The third-order valence-electron chi connectivity index (χ3n) is 3.98. The molecule has 0 aliphatic rings. The summed E-state index contributed by atoms with van der Waals surface area (Å²) in [5, 5.41) is 0.846. The van der Waals surface area contributed by atoms with Gasteiger partial charge in [0.05, 0.1) is 4.70 Å². The Morgan fingerprint density at radius 1 is 1.21 bits per heavy atom. The fraction of sp³-hybridized carbons (Fsp3) is 0.200. The van der Waals surface area contributed by atoms with E-state index in [-0.39, 0.29) is 11.4 Å². The molecule has 0 unspecified atom stereocenters. The van der Waals surface area contributed by atoms with Gasteiger partial charge in [-0.15, -0.1) is 0 Å². The van der Waals surface area contributed by atoms with Gasteiger partial charge in [0.15, 0.2) is 10.9 Å². The van der Waals surface area contributed by atoms with Crippen LogP contribution in [0.1, 0.15) is 5.56 Å². The van der Waals surface area contributed by atoms with E-state index in [9.17, 15) is 13.6 Å². The maximum absolute atomic E-state index is 14.0. The smallest absolute Gasteiger partial charge is 0.252 e. The van der Waals surface area contributed by atoms with E-state index in [0.29, 0.717) is 33.5 Å². The van der Waals surface area contributed by atoms with E-state index in [1.807, 2.05) is 25.1 Å². The summed E-state index contributed by atoms with van der Waals surface area (Å²) >= 11 is 7.20. The molecule has 3 rings (SSSR count). The van der Waals surface area contributed by atoms with Crippen LogP contribution in [0.15, 0.2) is 42.5 Å². The van der Waals surface area contributed by atoms with Gasteiger partial charge in [-0.25, -0.2) is 13.8 Å². The second kappa shape index (κ2) is 8.77. The number of carbonyl (C=O) groups is 1. The third-order valence-corrected chi connectivity index (χ3v) is 5.35. The van der Waals surface area contributed by atoms with Crippen LogP contribution in [0.3, 0.4) is 0 Å². The van der Waals surface area contributed by atoms with Crippen LogP contribution >= 0.6 is 22.9 Å². The lowest BCUT2D eigenvalue weighted by Crippen LogP contribution is -2.35. The average Bonchev–Trinajstić information content (AvgIpc) is 3.05. The molecule has 1 aromatic heterocycles. The lowest BCUT2D eigenvalue weighted by Gasteiger charge is -2.20. The summed E-state index contributed by atoms with van der Waals surface area (Å²) in [6.07, 6.45) is 3.03. The summed E-state index contributed by atoms with van der Waals surface area (Å²) in [4.78, 5) is 20.5. The first-order valence-corrected chi connectivity index (χ1v) is 9.69. The zero-order chi connectivity index (χ0) is 20.3. The van der Waals surface area contributed by atoms with Gasteiger partial charge in [-0.2, -0.15) is 0 Å². The molecule has 0 saturated heterocycles. The van der Waals surface area contributed by atoms with Crippen LogP contribution in [0.5, 0.6) is 0 Å². The van der Waals surface area contributed by atoms with Gasteiger partial charge in [0.25, 0.3) is 5.91 Å². The van der Waals surface area contributed by atoms with Crippen molar-refractivity contribution in [1.29, 1.82) is 0 Å². The summed E-state index contributed by atoms with van der Waals surface area (Å²) < 4.78 is 27.9. The maximum Gasteiger partial charge on any atom is 0.252 e. The highest BCUT2D eigenvalue weighted by atomic mass is 35.5. The molecule has 0 aliphatic carbocycles. The number of rotatable bonds is 6. The second-order valence-corrected chi connectivity index (χ2v) is 7.80. The summed E-state index contributed by atoms with van der Waals surface area (Å²) in [7, 11) is 3.77. The van der Waals surface area contributed by atoms with Crippen LogP contribution in [0.4, 0.5) is 13.9 Å². The number of fused-ring (bicyclic) bond motifs is 1. The Balaban J connectivity index is 1.93. The van der Waals surface area contributed by atoms with E-state index in [1.54, 1.807) is 24.3 Å². The topological polar surface area (TPSA) is 36.4 Å². The van der Waals surface area contributed by atoms with Gasteiger partial charge in [0, 0.05) is 30.3 Å². The van der Waals surface area contributed by atoms with Crippen molar-refractivity contribution < 1.29 is 13.6 Å². The summed E-state index contributed by atoms with van der Waals surface area (Å²) in [5.74, 6) is -1.74. The normalized spacial score (nSPS) is 11.6. The summed E-state index contributed by atoms with van der Waals surface area (Å²) in [6, 6.07) is 9.17.